The number of methoxy groups -OCH3 is 1. The summed E-state index contributed by atoms with van der Waals surface area (Å²) in [5.41, 5.74) is 1.89. The van der Waals surface area contributed by atoms with Crippen LogP contribution in [0.25, 0.3) is 0 Å². The van der Waals surface area contributed by atoms with Crippen LogP contribution in [-0.4, -0.2) is 31.9 Å². The second kappa shape index (κ2) is 7.99. The molecule has 3 rings (SSSR count). The summed E-state index contributed by atoms with van der Waals surface area (Å²) in [6.45, 7) is 2.69. The first-order valence-electron chi connectivity index (χ1n) is 9.06. The van der Waals surface area contributed by atoms with Gasteiger partial charge in [-0.2, -0.15) is 0 Å². The van der Waals surface area contributed by atoms with E-state index in [9.17, 15) is 14.0 Å². The molecule has 1 aromatic rings. The zero-order chi connectivity index (χ0) is 18.7. The molecule has 1 aromatic carbocycles. The van der Waals surface area contributed by atoms with E-state index < -0.39 is 0 Å². The van der Waals surface area contributed by atoms with Crippen molar-refractivity contribution in [1.29, 1.82) is 0 Å². The number of aldehydes is 1. The minimum atomic E-state index is -0.366. The van der Waals surface area contributed by atoms with Crippen molar-refractivity contribution in [3.8, 4) is 5.75 Å². The zero-order valence-electron chi connectivity index (χ0n) is 15.2. The lowest BCUT2D eigenvalue weighted by molar-refractivity contribution is -0.117. The first kappa shape index (κ1) is 18.6. The van der Waals surface area contributed by atoms with Gasteiger partial charge in [0, 0.05) is 18.5 Å². The van der Waals surface area contributed by atoms with Gasteiger partial charge in [0.1, 0.15) is 12.0 Å². The van der Waals surface area contributed by atoms with Crippen LogP contribution in [0.3, 0.4) is 0 Å². The van der Waals surface area contributed by atoms with Crippen molar-refractivity contribution < 1.29 is 18.7 Å². The minimum Gasteiger partial charge on any atom is -0.495 e. The number of rotatable bonds is 5. The molecule has 3 unspecified atom stereocenters. The topological polar surface area (TPSA) is 67.4 Å². The van der Waals surface area contributed by atoms with Crippen molar-refractivity contribution in [2.45, 2.75) is 38.6 Å². The van der Waals surface area contributed by atoms with E-state index in [0.29, 0.717) is 42.3 Å². The molecule has 2 aliphatic rings. The quantitative estimate of drug-likeness (QED) is 0.789. The summed E-state index contributed by atoms with van der Waals surface area (Å²) < 4.78 is 19.5. The fraction of sp³-hybridized carbons (Fsp3) is 0.500. The molecular weight excluding hydrogens is 335 g/mol. The standard InChI is InChI=1S/C20H25FN2O3/c1-12-3-5-15(16(21)7-12)14-9-18(22-10-14)20(25)23-17-6-4-13(11-24)8-19(17)26-2/h4,6,8,11-12,14,18,22H,3,5,7,9-10H2,1-2H3,(H,23,25). The maximum absolute atomic E-state index is 14.3. The van der Waals surface area contributed by atoms with E-state index in [4.69, 9.17) is 4.74 Å². The van der Waals surface area contributed by atoms with Crippen LogP contribution in [0.15, 0.2) is 29.6 Å². The average molecular weight is 360 g/mol. The van der Waals surface area contributed by atoms with E-state index in [1.54, 1.807) is 18.2 Å². The first-order chi connectivity index (χ1) is 12.5. The van der Waals surface area contributed by atoms with E-state index in [-0.39, 0.29) is 23.7 Å². The Labute approximate surface area is 153 Å². The summed E-state index contributed by atoms with van der Waals surface area (Å²) in [6, 6.07) is 4.49. The van der Waals surface area contributed by atoms with Gasteiger partial charge in [-0.05, 0) is 54.9 Å². The second-order valence-corrected chi connectivity index (χ2v) is 7.24. The Bertz CT molecular complexity index is 732. The van der Waals surface area contributed by atoms with Crippen molar-refractivity contribution in [3.05, 3.63) is 35.2 Å². The van der Waals surface area contributed by atoms with Crippen LogP contribution in [0.5, 0.6) is 5.75 Å². The highest BCUT2D eigenvalue weighted by atomic mass is 19.1. The smallest absolute Gasteiger partial charge is 0.241 e. The lowest BCUT2D eigenvalue weighted by atomic mass is 9.83. The maximum atomic E-state index is 14.3. The Hall–Kier alpha value is -2.21. The number of amides is 1. The SMILES string of the molecule is COc1cc(C=O)ccc1NC(=O)C1CC(C2=C(F)CC(C)CC2)CN1. The summed E-state index contributed by atoms with van der Waals surface area (Å²) in [7, 11) is 1.49. The third kappa shape index (κ3) is 3.96. The van der Waals surface area contributed by atoms with Gasteiger partial charge < -0.3 is 15.4 Å². The van der Waals surface area contributed by atoms with E-state index >= 15 is 0 Å². The lowest BCUT2D eigenvalue weighted by Crippen LogP contribution is -2.35. The predicted octanol–water partition coefficient (Wildman–Crippen LogP) is 3.47. The molecule has 2 N–H and O–H groups in total. The summed E-state index contributed by atoms with van der Waals surface area (Å²) in [5, 5.41) is 6.05. The molecule has 1 aliphatic heterocycles. The van der Waals surface area contributed by atoms with Gasteiger partial charge in [0.15, 0.2) is 0 Å². The molecule has 6 heteroatoms. The number of benzene rings is 1. The zero-order valence-corrected chi connectivity index (χ0v) is 15.2. The Morgan fingerprint density at radius 3 is 2.92 bits per heavy atom. The Morgan fingerprint density at radius 1 is 1.42 bits per heavy atom. The molecule has 0 spiro atoms. The number of halogens is 1. The molecule has 0 aromatic heterocycles. The van der Waals surface area contributed by atoms with E-state index in [0.717, 1.165) is 24.7 Å². The summed E-state index contributed by atoms with van der Waals surface area (Å²) >= 11 is 0. The van der Waals surface area contributed by atoms with Gasteiger partial charge in [0.05, 0.1) is 24.7 Å². The van der Waals surface area contributed by atoms with Gasteiger partial charge in [-0.1, -0.05) is 6.92 Å². The summed E-state index contributed by atoms with van der Waals surface area (Å²) in [4.78, 5) is 23.5. The Balaban J connectivity index is 1.65. The monoisotopic (exact) mass is 360 g/mol. The summed E-state index contributed by atoms with van der Waals surface area (Å²) in [5.74, 6) is 0.761. The number of ether oxygens (including phenoxy) is 1. The van der Waals surface area contributed by atoms with Crippen LogP contribution in [0.1, 0.15) is 43.0 Å². The molecule has 1 fully saturated rings. The number of carbonyl (C=O) groups excluding carboxylic acids is 2. The number of anilines is 1. The Kier molecular flexibility index (Phi) is 5.71. The number of hydrogen-bond acceptors (Lipinski definition) is 4. The number of carbonyl (C=O) groups is 2. The highest BCUT2D eigenvalue weighted by Crippen LogP contribution is 2.37. The van der Waals surface area contributed by atoms with Crippen LogP contribution >= 0.6 is 0 Å². The first-order valence-corrected chi connectivity index (χ1v) is 9.06. The lowest BCUT2D eigenvalue weighted by Gasteiger charge is -2.24. The van der Waals surface area contributed by atoms with Crippen molar-refractivity contribution in [1.82, 2.24) is 5.32 Å². The van der Waals surface area contributed by atoms with Crippen LogP contribution < -0.4 is 15.4 Å². The molecule has 0 saturated carbocycles. The molecule has 1 heterocycles. The van der Waals surface area contributed by atoms with Crippen LogP contribution in [-0.2, 0) is 4.79 Å². The maximum Gasteiger partial charge on any atom is 0.241 e. The molecule has 1 amide bonds. The molecule has 3 atom stereocenters. The van der Waals surface area contributed by atoms with Gasteiger partial charge in [-0.3, -0.25) is 9.59 Å². The Morgan fingerprint density at radius 2 is 2.23 bits per heavy atom. The van der Waals surface area contributed by atoms with Gasteiger partial charge in [-0.25, -0.2) is 4.39 Å². The highest BCUT2D eigenvalue weighted by molar-refractivity contribution is 5.96. The molecule has 0 bridgehead atoms. The average Bonchev–Trinajstić information content (AvgIpc) is 3.12. The summed E-state index contributed by atoms with van der Waals surface area (Å²) in [6.07, 6.45) is 3.64. The largest absolute Gasteiger partial charge is 0.495 e. The fourth-order valence-electron chi connectivity index (χ4n) is 3.81. The van der Waals surface area contributed by atoms with Crippen molar-refractivity contribution in [3.63, 3.8) is 0 Å². The van der Waals surface area contributed by atoms with E-state index in [2.05, 4.69) is 17.6 Å². The predicted molar refractivity (Wildman–Crippen MR) is 98.1 cm³/mol. The van der Waals surface area contributed by atoms with Crippen molar-refractivity contribution in [2.24, 2.45) is 11.8 Å². The normalized spacial score (nSPS) is 25.9. The van der Waals surface area contributed by atoms with Gasteiger partial charge in [0.2, 0.25) is 5.91 Å². The number of allylic oxidation sites excluding steroid dienone is 1. The van der Waals surface area contributed by atoms with Gasteiger partial charge in [-0.15, -0.1) is 0 Å². The van der Waals surface area contributed by atoms with Crippen LogP contribution in [0.4, 0.5) is 10.1 Å². The third-order valence-electron chi connectivity index (χ3n) is 5.34. The molecule has 0 radical (unpaired) electrons. The van der Waals surface area contributed by atoms with E-state index in [1.807, 2.05) is 0 Å². The molecule has 1 aliphatic carbocycles. The molecule has 140 valence electrons. The highest BCUT2D eigenvalue weighted by Gasteiger charge is 2.34. The molecule has 5 nitrogen and oxygen atoms in total. The molecule has 1 saturated heterocycles. The van der Waals surface area contributed by atoms with Gasteiger partial charge >= 0.3 is 0 Å². The van der Waals surface area contributed by atoms with Gasteiger partial charge in [0.25, 0.3) is 0 Å². The molecular formula is C20H25FN2O3. The second-order valence-electron chi connectivity index (χ2n) is 7.24. The van der Waals surface area contributed by atoms with Crippen molar-refractivity contribution >= 4 is 17.9 Å². The molecule has 26 heavy (non-hydrogen) atoms. The minimum absolute atomic E-state index is 0.0164. The third-order valence-corrected chi connectivity index (χ3v) is 5.34. The van der Waals surface area contributed by atoms with Crippen molar-refractivity contribution in [2.75, 3.05) is 19.0 Å². The van der Waals surface area contributed by atoms with Crippen LogP contribution in [0.2, 0.25) is 0 Å². The van der Waals surface area contributed by atoms with Crippen LogP contribution in [0, 0.1) is 11.8 Å². The number of nitrogens with one attached hydrogen (secondary N) is 2. The van der Waals surface area contributed by atoms with E-state index in [1.165, 1.54) is 7.11 Å². The number of hydrogen-bond donors (Lipinski definition) is 2. The fourth-order valence-corrected chi connectivity index (χ4v) is 3.81.